The first kappa shape index (κ1) is 21.2. The van der Waals surface area contributed by atoms with Gasteiger partial charge >= 0.3 is 0 Å². The number of ether oxygens (including phenoxy) is 1. The van der Waals surface area contributed by atoms with Crippen LogP contribution in [0.1, 0.15) is 17.5 Å². The molecule has 1 aliphatic rings. The largest absolute Gasteiger partial charge is 0.484 e. The lowest BCUT2D eigenvalue weighted by atomic mass is 10.1. The summed E-state index contributed by atoms with van der Waals surface area (Å²) >= 11 is 0. The van der Waals surface area contributed by atoms with E-state index in [4.69, 9.17) is 4.74 Å². The number of anilines is 1. The molecule has 1 fully saturated rings. The standard InChI is InChI=1S/C22H28N2O4S/c1-17-6-4-5-7-21(17)28-15-22(25)24(20-12-13-29(26,27)16-20)14-18-8-10-19(11-9-18)23(2)3/h4-11,20H,12-16H2,1-3H3/t20-/m1/s1. The van der Waals surface area contributed by atoms with Crippen molar-refractivity contribution in [1.29, 1.82) is 0 Å². The molecule has 0 aromatic heterocycles. The molecule has 2 aromatic rings. The molecule has 6 nitrogen and oxygen atoms in total. The van der Waals surface area contributed by atoms with E-state index < -0.39 is 9.84 Å². The number of amides is 1. The molecule has 1 aliphatic heterocycles. The van der Waals surface area contributed by atoms with Crippen LogP contribution in [0.5, 0.6) is 5.75 Å². The number of aryl methyl sites for hydroxylation is 1. The van der Waals surface area contributed by atoms with Crippen LogP contribution in [-0.2, 0) is 21.2 Å². The molecule has 0 aliphatic carbocycles. The van der Waals surface area contributed by atoms with E-state index in [9.17, 15) is 13.2 Å². The van der Waals surface area contributed by atoms with Gasteiger partial charge in [0.05, 0.1) is 11.5 Å². The molecule has 7 heteroatoms. The Kier molecular flexibility index (Phi) is 6.47. The summed E-state index contributed by atoms with van der Waals surface area (Å²) in [6.45, 7) is 2.18. The van der Waals surface area contributed by atoms with Gasteiger partial charge in [0.25, 0.3) is 5.91 Å². The Balaban J connectivity index is 1.75. The normalized spacial score (nSPS) is 17.7. The smallest absolute Gasteiger partial charge is 0.261 e. The Hall–Kier alpha value is -2.54. The predicted octanol–water partition coefficient (Wildman–Crippen LogP) is 2.66. The van der Waals surface area contributed by atoms with Gasteiger partial charge in [-0.25, -0.2) is 8.42 Å². The SMILES string of the molecule is Cc1ccccc1OCC(=O)N(Cc1ccc(N(C)C)cc1)[C@@H]1CCS(=O)(=O)C1. The monoisotopic (exact) mass is 416 g/mol. The number of hydrogen-bond acceptors (Lipinski definition) is 5. The zero-order valence-electron chi connectivity index (χ0n) is 17.2. The van der Waals surface area contributed by atoms with Gasteiger partial charge < -0.3 is 14.5 Å². The Morgan fingerprint density at radius 3 is 2.38 bits per heavy atom. The molecule has 1 saturated heterocycles. The minimum atomic E-state index is -3.10. The van der Waals surface area contributed by atoms with Crippen LogP contribution in [0.15, 0.2) is 48.5 Å². The first-order chi connectivity index (χ1) is 13.7. The summed E-state index contributed by atoms with van der Waals surface area (Å²) in [6, 6.07) is 15.1. The average molecular weight is 417 g/mol. The van der Waals surface area contributed by atoms with Gasteiger partial charge in [-0.1, -0.05) is 30.3 Å². The van der Waals surface area contributed by atoms with Crippen molar-refractivity contribution < 1.29 is 17.9 Å². The third-order valence-corrected chi connectivity index (χ3v) is 6.97. The summed E-state index contributed by atoms with van der Waals surface area (Å²) < 4.78 is 29.7. The second-order valence-electron chi connectivity index (χ2n) is 7.69. The first-order valence-corrected chi connectivity index (χ1v) is 11.5. The number of nitrogens with zero attached hydrogens (tertiary/aromatic N) is 2. The van der Waals surface area contributed by atoms with Crippen LogP contribution in [0, 0.1) is 6.92 Å². The Morgan fingerprint density at radius 2 is 1.79 bits per heavy atom. The molecule has 1 atom stereocenters. The lowest BCUT2D eigenvalue weighted by Crippen LogP contribution is -2.43. The lowest BCUT2D eigenvalue weighted by molar-refractivity contribution is -0.136. The molecule has 3 rings (SSSR count). The number of sulfone groups is 1. The Bertz CT molecular complexity index is 955. The van der Waals surface area contributed by atoms with Gasteiger partial charge in [0.15, 0.2) is 16.4 Å². The van der Waals surface area contributed by atoms with Crippen molar-refractivity contribution in [1.82, 2.24) is 4.90 Å². The summed E-state index contributed by atoms with van der Waals surface area (Å²) in [6.07, 6.45) is 0.466. The topological polar surface area (TPSA) is 66.9 Å². The van der Waals surface area contributed by atoms with E-state index in [1.807, 2.05) is 74.4 Å². The van der Waals surface area contributed by atoms with E-state index in [0.717, 1.165) is 16.8 Å². The highest BCUT2D eigenvalue weighted by Gasteiger charge is 2.34. The number of hydrogen-bond donors (Lipinski definition) is 0. The fourth-order valence-corrected chi connectivity index (χ4v) is 5.21. The third-order valence-electron chi connectivity index (χ3n) is 5.22. The second kappa shape index (κ2) is 8.86. The van der Waals surface area contributed by atoms with Gasteiger partial charge in [-0.3, -0.25) is 4.79 Å². The van der Waals surface area contributed by atoms with Crippen LogP contribution in [0.4, 0.5) is 5.69 Å². The fourth-order valence-electron chi connectivity index (χ4n) is 3.48. The third kappa shape index (κ3) is 5.50. The van der Waals surface area contributed by atoms with Gasteiger partial charge in [-0.05, 0) is 42.7 Å². The number of para-hydroxylation sites is 1. The molecule has 0 spiro atoms. The fraction of sp³-hybridized carbons (Fsp3) is 0.409. The van der Waals surface area contributed by atoms with Crippen molar-refractivity contribution in [3.63, 3.8) is 0 Å². The maximum Gasteiger partial charge on any atom is 0.261 e. The zero-order valence-corrected chi connectivity index (χ0v) is 18.0. The highest BCUT2D eigenvalue weighted by atomic mass is 32.2. The predicted molar refractivity (Wildman–Crippen MR) is 115 cm³/mol. The van der Waals surface area contributed by atoms with Crippen LogP contribution >= 0.6 is 0 Å². The number of carbonyl (C=O) groups is 1. The molecular weight excluding hydrogens is 388 g/mol. The molecular formula is C22H28N2O4S. The lowest BCUT2D eigenvalue weighted by Gasteiger charge is -2.28. The summed E-state index contributed by atoms with van der Waals surface area (Å²) in [5, 5.41) is 0. The van der Waals surface area contributed by atoms with Crippen LogP contribution in [0.3, 0.4) is 0 Å². The summed E-state index contributed by atoms with van der Waals surface area (Å²) in [5.74, 6) is 0.598. The van der Waals surface area contributed by atoms with Gasteiger partial charge in [0.2, 0.25) is 0 Å². The molecule has 0 radical (unpaired) electrons. The van der Waals surface area contributed by atoms with Crippen LogP contribution < -0.4 is 9.64 Å². The number of carbonyl (C=O) groups excluding carboxylic acids is 1. The maximum atomic E-state index is 13.0. The van der Waals surface area contributed by atoms with Gasteiger partial charge in [-0.2, -0.15) is 0 Å². The molecule has 0 bridgehead atoms. The number of rotatable bonds is 7. The minimum Gasteiger partial charge on any atom is -0.484 e. The van der Waals surface area contributed by atoms with E-state index in [0.29, 0.717) is 18.7 Å². The van der Waals surface area contributed by atoms with E-state index in [1.54, 1.807) is 4.90 Å². The molecule has 0 N–H and O–H groups in total. The second-order valence-corrected chi connectivity index (χ2v) is 9.92. The van der Waals surface area contributed by atoms with Crippen molar-refractivity contribution in [2.75, 3.05) is 37.1 Å². The first-order valence-electron chi connectivity index (χ1n) is 9.70. The Morgan fingerprint density at radius 1 is 1.10 bits per heavy atom. The highest BCUT2D eigenvalue weighted by Crippen LogP contribution is 2.22. The molecule has 156 valence electrons. The molecule has 1 amide bonds. The van der Waals surface area contributed by atoms with Crippen molar-refractivity contribution in [2.24, 2.45) is 0 Å². The van der Waals surface area contributed by atoms with Gasteiger partial charge in [-0.15, -0.1) is 0 Å². The van der Waals surface area contributed by atoms with E-state index >= 15 is 0 Å². The number of benzene rings is 2. The molecule has 0 unspecified atom stereocenters. The zero-order chi connectivity index (χ0) is 21.0. The highest BCUT2D eigenvalue weighted by molar-refractivity contribution is 7.91. The summed E-state index contributed by atoms with van der Waals surface area (Å²) in [4.78, 5) is 16.7. The average Bonchev–Trinajstić information content (AvgIpc) is 3.05. The quantitative estimate of drug-likeness (QED) is 0.694. The van der Waals surface area contributed by atoms with E-state index in [1.165, 1.54) is 0 Å². The van der Waals surface area contributed by atoms with Gasteiger partial charge in [0, 0.05) is 32.4 Å². The molecule has 29 heavy (non-hydrogen) atoms. The Labute approximate surface area is 173 Å². The van der Waals surface area contributed by atoms with Crippen molar-refractivity contribution in [3.05, 3.63) is 59.7 Å². The summed E-state index contributed by atoms with van der Waals surface area (Å²) in [5.41, 5.74) is 2.98. The van der Waals surface area contributed by atoms with Crippen LogP contribution in [0.25, 0.3) is 0 Å². The van der Waals surface area contributed by atoms with E-state index in [-0.39, 0.29) is 30.1 Å². The van der Waals surface area contributed by atoms with Gasteiger partial charge in [0.1, 0.15) is 5.75 Å². The molecule has 0 saturated carbocycles. The maximum absolute atomic E-state index is 13.0. The molecule has 1 heterocycles. The van der Waals surface area contributed by atoms with Crippen molar-refractivity contribution >= 4 is 21.4 Å². The minimum absolute atomic E-state index is 0.0128. The van der Waals surface area contributed by atoms with Crippen LogP contribution in [-0.4, -0.2) is 57.5 Å². The van der Waals surface area contributed by atoms with Crippen LogP contribution in [0.2, 0.25) is 0 Å². The molecule has 2 aromatic carbocycles. The van der Waals surface area contributed by atoms with Crippen molar-refractivity contribution in [3.8, 4) is 5.75 Å². The summed E-state index contributed by atoms with van der Waals surface area (Å²) in [7, 11) is 0.839. The van der Waals surface area contributed by atoms with E-state index in [2.05, 4.69) is 0 Å². The van der Waals surface area contributed by atoms with Crippen molar-refractivity contribution in [2.45, 2.75) is 25.9 Å².